The van der Waals surface area contributed by atoms with Gasteiger partial charge < -0.3 is 5.32 Å². The second-order valence-corrected chi connectivity index (χ2v) is 4.47. The fourth-order valence-corrected chi connectivity index (χ4v) is 1.87. The first kappa shape index (κ1) is 9.00. The number of likely N-dealkylation sites (tertiary alicyclic amines) is 1. The molecule has 1 aliphatic heterocycles. The summed E-state index contributed by atoms with van der Waals surface area (Å²) in [4.78, 5) is 13.7. The summed E-state index contributed by atoms with van der Waals surface area (Å²) < 4.78 is 0. The minimum Gasteiger partial charge on any atom is -0.352 e. The van der Waals surface area contributed by atoms with Crippen LogP contribution in [0.5, 0.6) is 0 Å². The number of nitrogens with zero attached hydrogens (tertiary/aromatic N) is 1. The van der Waals surface area contributed by atoms with Crippen molar-refractivity contribution in [3.63, 3.8) is 0 Å². The second-order valence-electron chi connectivity index (χ2n) is 4.47. The lowest BCUT2D eigenvalue weighted by molar-refractivity contribution is -0.122. The number of carbonyl (C=O) groups excluding carboxylic acids is 1. The van der Waals surface area contributed by atoms with Crippen LogP contribution in [0.4, 0.5) is 0 Å². The number of rotatable bonds is 3. The zero-order valence-electron chi connectivity index (χ0n) is 8.25. The lowest BCUT2D eigenvalue weighted by Gasteiger charge is -2.14. The zero-order valence-corrected chi connectivity index (χ0v) is 8.25. The van der Waals surface area contributed by atoms with Crippen molar-refractivity contribution in [3.05, 3.63) is 0 Å². The molecule has 2 aliphatic rings. The Hall–Kier alpha value is -0.570. The number of hydrogen-bond donors (Lipinski definition) is 1. The van der Waals surface area contributed by atoms with Crippen LogP contribution >= 0.6 is 0 Å². The van der Waals surface area contributed by atoms with Crippen molar-refractivity contribution in [1.29, 1.82) is 0 Å². The lowest BCUT2D eigenvalue weighted by atomic mass is 10.2. The van der Waals surface area contributed by atoms with Crippen LogP contribution < -0.4 is 5.32 Å². The molecule has 1 heterocycles. The molecule has 0 spiro atoms. The van der Waals surface area contributed by atoms with Gasteiger partial charge in [-0.3, -0.25) is 9.69 Å². The van der Waals surface area contributed by atoms with Gasteiger partial charge in [-0.05, 0) is 31.7 Å². The molecule has 3 nitrogen and oxygen atoms in total. The third-order valence-electron chi connectivity index (χ3n) is 2.82. The highest BCUT2D eigenvalue weighted by Gasteiger charge is 2.25. The predicted octanol–water partition coefficient (Wildman–Crippen LogP) is 0.607. The quantitative estimate of drug-likeness (QED) is 0.693. The highest BCUT2D eigenvalue weighted by atomic mass is 16.2. The first-order valence-electron chi connectivity index (χ1n) is 5.26. The molecule has 0 aromatic heterocycles. The highest BCUT2D eigenvalue weighted by Crippen LogP contribution is 2.19. The van der Waals surface area contributed by atoms with Gasteiger partial charge in [0.05, 0.1) is 6.54 Å². The first-order valence-corrected chi connectivity index (χ1v) is 5.26. The Labute approximate surface area is 79.5 Å². The van der Waals surface area contributed by atoms with Gasteiger partial charge >= 0.3 is 0 Å². The van der Waals surface area contributed by atoms with Gasteiger partial charge in [0, 0.05) is 12.6 Å². The summed E-state index contributed by atoms with van der Waals surface area (Å²) in [5.74, 6) is 0.991. The van der Waals surface area contributed by atoms with Crippen LogP contribution in [-0.4, -0.2) is 36.5 Å². The standard InChI is InChI=1S/C10H18N2O/c1-8-4-5-12(6-8)7-10(13)11-9-2-3-9/h8-9H,2-7H2,1H3,(H,11,13). The molecule has 1 saturated heterocycles. The number of hydrogen-bond acceptors (Lipinski definition) is 2. The molecule has 1 saturated carbocycles. The van der Waals surface area contributed by atoms with Crippen LogP contribution in [-0.2, 0) is 4.79 Å². The van der Waals surface area contributed by atoms with E-state index >= 15 is 0 Å². The Morgan fingerprint density at radius 1 is 1.46 bits per heavy atom. The Bertz CT molecular complexity index is 201. The minimum atomic E-state index is 0.219. The van der Waals surface area contributed by atoms with Crippen molar-refractivity contribution in [3.8, 4) is 0 Å². The van der Waals surface area contributed by atoms with E-state index in [1.807, 2.05) is 0 Å². The fourth-order valence-electron chi connectivity index (χ4n) is 1.87. The summed E-state index contributed by atoms with van der Waals surface area (Å²) in [6.07, 6.45) is 3.61. The summed E-state index contributed by atoms with van der Waals surface area (Å²) in [6.45, 7) is 5.05. The molecule has 1 unspecified atom stereocenters. The van der Waals surface area contributed by atoms with Crippen molar-refractivity contribution < 1.29 is 4.79 Å². The van der Waals surface area contributed by atoms with Crippen molar-refractivity contribution in [1.82, 2.24) is 10.2 Å². The molecule has 2 rings (SSSR count). The fraction of sp³-hybridized carbons (Fsp3) is 0.900. The maximum Gasteiger partial charge on any atom is 0.234 e. The van der Waals surface area contributed by atoms with E-state index in [0.29, 0.717) is 12.6 Å². The number of amides is 1. The Morgan fingerprint density at radius 2 is 2.23 bits per heavy atom. The van der Waals surface area contributed by atoms with E-state index in [0.717, 1.165) is 19.0 Å². The van der Waals surface area contributed by atoms with Crippen LogP contribution in [0.25, 0.3) is 0 Å². The molecular weight excluding hydrogens is 164 g/mol. The van der Waals surface area contributed by atoms with E-state index in [1.54, 1.807) is 0 Å². The molecule has 3 heteroatoms. The molecule has 1 N–H and O–H groups in total. The lowest BCUT2D eigenvalue weighted by Crippen LogP contribution is -2.36. The first-order chi connectivity index (χ1) is 6.24. The second kappa shape index (κ2) is 3.66. The molecular formula is C10H18N2O. The molecule has 0 aromatic carbocycles. The van der Waals surface area contributed by atoms with Crippen molar-refractivity contribution in [2.75, 3.05) is 19.6 Å². The third-order valence-corrected chi connectivity index (χ3v) is 2.82. The molecule has 0 aromatic rings. The Kier molecular flexibility index (Phi) is 2.54. The van der Waals surface area contributed by atoms with Gasteiger partial charge in [-0.2, -0.15) is 0 Å². The Balaban J connectivity index is 1.67. The average molecular weight is 182 g/mol. The zero-order chi connectivity index (χ0) is 9.26. The SMILES string of the molecule is CC1CCN(CC(=O)NC2CC2)C1. The van der Waals surface area contributed by atoms with Crippen molar-refractivity contribution in [2.24, 2.45) is 5.92 Å². The molecule has 1 atom stereocenters. The van der Waals surface area contributed by atoms with Gasteiger partial charge in [0.2, 0.25) is 5.91 Å². The van der Waals surface area contributed by atoms with E-state index in [9.17, 15) is 4.79 Å². The largest absolute Gasteiger partial charge is 0.352 e. The summed E-state index contributed by atoms with van der Waals surface area (Å²) in [7, 11) is 0. The monoisotopic (exact) mass is 182 g/mol. The van der Waals surface area contributed by atoms with Gasteiger partial charge in [-0.15, -0.1) is 0 Å². The van der Waals surface area contributed by atoms with Crippen LogP contribution in [0.3, 0.4) is 0 Å². The van der Waals surface area contributed by atoms with Gasteiger partial charge in [0.15, 0.2) is 0 Å². The molecule has 1 aliphatic carbocycles. The topological polar surface area (TPSA) is 32.3 Å². The van der Waals surface area contributed by atoms with E-state index in [1.165, 1.54) is 19.3 Å². The predicted molar refractivity (Wildman–Crippen MR) is 51.4 cm³/mol. The summed E-state index contributed by atoms with van der Waals surface area (Å²) in [6, 6.07) is 0.507. The average Bonchev–Trinajstić information content (AvgIpc) is 2.76. The third kappa shape index (κ3) is 2.69. The maximum absolute atomic E-state index is 11.4. The van der Waals surface area contributed by atoms with Gasteiger partial charge in [-0.25, -0.2) is 0 Å². The van der Waals surface area contributed by atoms with E-state index in [-0.39, 0.29) is 5.91 Å². The number of carbonyl (C=O) groups is 1. The van der Waals surface area contributed by atoms with Crippen LogP contribution in [0, 0.1) is 5.92 Å². The molecule has 13 heavy (non-hydrogen) atoms. The van der Waals surface area contributed by atoms with Crippen LogP contribution in [0.1, 0.15) is 26.2 Å². The molecule has 74 valence electrons. The van der Waals surface area contributed by atoms with Crippen molar-refractivity contribution in [2.45, 2.75) is 32.2 Å². The van der Waals surface area contributed by atoms with Gasteiger partial charge in [-0.1, -0.05) is 6.92 Å². The van der Waals surface area contributed by atoms with Gasteiger partial charge in [0.1, 0.15) is 0 Å². The smallest absolute Gasteiger partial charge is 0.234 e. The van der Waals surface area contributed by atoms with Crippen LogP contribution in [0.2, 0.25) is 0 Å². The molecule has 1 amide bonds. The molecule has 0 radical (unpaired) electrons. The number of nitrogens with one attached hydrogen (secondary N) is 1. The van der Waals surface area contributed by atoms with Gasteiger partial charge in [0.25, 0.3) is 0 Å². The maximum atomic E-state index is 11.4. The van der Waals surface area contributed by atoms with E-state index in [4.69, 9.17) is 0 Å². The summed E-state index contributed by atoms with van der Waals surface area (Å²) in [5.41, 5.74) is 0. The molecule has 0 bridgehead atoms. The van der Waals surface area contributed by atoms with E-state index < -0.39 is 0 Å². The minimum absolute atomic E-state index is 0.219. The Morgan fingerprint density at radius 3 is 2.77 bits per heavy atom. The highest BCUT2D eigenvalue weighted by molar-refractivity contribution is 5.78. The molecule has 2 fully saturated rings. The van der Waals surface area contributed by atoms with Crippen LogP contribution in [0.15, 0.2) is 0 Å². The normalized spacial score (nSPS) is 29.2. The summed E-state index contributed by atoms with van der Waals surface area (Å²) >= 11 is 0. The van der Waals surface area contributed by atoms with Crippen molar-refractivity contribution >= 4 is 5.91 Å². The van der Waals surface area contributed by atoms with E-state index in [2.05, 4.69) is 17.1 Å². The summed E-state index contributed by atoms with van der Waals surface area (Å²) in [5, 5.41) is 3.01.